The quantitative estimate of drug-likeness (QED) is 0.795. The van der Waals surface area contributed by atoms with Crippen molar-refractivity contribution in [1.29, 1.82) is 0 Å². The van der Waals surface area contributed by atoms with Crippen molar-refractivity contribution < 1.29 is 9.90 Å². The highest BCUT2D eigenvalue weighted by molar-refractivity contribution is 7.17. The number of rotatable bonds is 3. The number of aromatic nitrogens is 2. The summed E-state index contributed by atoms with van der Waals surface area (Å²) >= 11 is 1.42. The van der Waals surface area contributed by atoms with Crippen LogP contribution in [0.5, 0.6) is 0 Å². The Morgan fingerprint density at radius 3 is 2.83 bits per heavy atom. The van der Waals surface area contributed by atoms with E-state index in [9.17, 15) is 9.59 Å². The third kappa shape index (κ3) is 2.53. The summed E-state index contributed by atoms with van der Waals surface area (Å²) in [5, 5.41) is 11.4. The molecule has 0 fully saturated rings. The molecule has 0 unspecified atom stereocenters. The van der Waals surface area contributed by atoms with Gasteiger partial charge >= 0.3 is 5.97 Å². The fourth-order valence-electron chi connectivity index (χ4n) is 3.34. The highest BCUT2D eigenvalue weighted by Crippen LogP contribution is 2.33. The van der Waals surface area contributed by atoms with Gasteiger partial charge < -0.3 is 5.11 Å². The van der Waals surface area contributed by atoms with Crippen molar-refractivity contribution in [1.82, 2.24) is 9.55 Å². The van der Waals surface area contributed by atoms with Crippen LogP contribution >= 0.6 is 11.3 Å². The van der Waals surface area contributed by atoms with Crippen LogP contribution in [0.15, 0.2) is 34.7 Å². The molecular weight excluding hydrogens is 324 g/mol. The first kappa shape index (κ1) is 15.1. The first-order valence-corrected chi connectivity index (χ1v) is 8.82. The lowest BCUT2D eigenvalue weighted by molar-refractivity contribution is -0.137. The lowest BCUT2D eigenvalue weighted by Gasteiger charge is -2.16. The Kier molecular flexibility index (Phi) is 3.69. The van der Waals surface area contributed by atoms with E-state index in [0.29, 0.717) is 10.2 Å². The molecule has 5 nitrogen and oxygen atoms in total. The summed E-state index contributed by atoms with van der Waals surface area (Å²) in [4.78, 5) is 28.5. The van der Waals surface area contributed by atoms with Crippen LogP contribution in [0.4, 0.5) is 0 Å². The Bertz CT molecular complexity index is 1000. The maximum atomic E-state index is 12.7. The van der Waals surface area contributed by atoms with Gasteiger partial charge in [0, 0.05) is 10.9 Å². The number of carbonyl (C=O) groups is 1. The zero-order chi connectivity index (χ0) is 16.7. The molecule has 2 aromatic heterocycles. The zero-order valence-corrected chi connectivity index (χ0v) is 13.8. The van der Waals surface area contributed by atoms with Crippen LogP contribution in [0.1, 0.15) is 24.0 Å². The first-order valence-electron chi connectivity index (χ1n) is 7.94. The zero-order valence-electron chi connectivity index (χ0n) is 13.0. The average Bonchev–Trinajstić information content (AvgIpc) is 3.01. The van der Waals surface area contributed by atoms with Gasteiger partial charge in [0.2, 0.25) is 0 Å². The Hall–Kier alpha value is -2.47. The molecule has 0 amide bonds. The molecule has 0 radical (unpaired) electrons. The Balaban J connectivity index is 1.88. The molecule has 3 aromatic rings. The minimum absolute atomic E-state index is 0.295. The number of nitrogens with zero attached hydrogens (tertiary/aromatic N) is 2. The van der Waals surface area contributed by atoms with E-state index in [-0.39, 0.29) is 12.1 Å². The Morgan fingerprint density at radius 1 is 1.25 bits per heavy atom. The second-order valence-corrected chi connectivity index (χ2v) is 6.95. The van der Waals surface area contributed by atoms with Crippen LogP contribution in [0, 0.1) is 0 Å². The van der Waals surface area contributed by atoms with Gasteiger partial charge in [-0.3, -0.25) is 14.2 Å². The molecular formula is C18H16N2O3S. The number of benzene rings is 1. The smallest absolute Gasteiger partial charge is 0.323 e. The predicted octanol–water partition coefficient (Wildman–Crippen LogP) is 3.09. The van der Waals surface area contributed by atoms with Crippen LogP contribution in [-0.4, -0.2) is 20.6 Å². The SMILES string of the molecule is O=C(O)Cn1cnc2scc(-c3ccc4c(c3)CCCC4)c2c1=O. The van der Waals surface area contributed by atoms with E-state index in [0.717, 1.165) is 28.5 Å². The number of thiophene rings is 1. The molecule has 1 aromatic carbocycles. The van der Waals surface area contributed by atoms with Crippen molar-refractivity contribution in [3.8, 4) is 11.1 Å². The third-order valence-electron chi connectivity index (χ3n) is 4.53. The fourth-order valence-corrected chi connectivity index (χ4v) is 4.25. The number of fused-ring (bicyclic) bond motifs is 2. The summed E-state index contributed by atoms with van der Waals surface area (Å²) in [7, 11) is 0. The summed E-state index contributed by atoms with van der Waals surface area (Å²) in [6.45, 7) is -0.374. The lowest BCUT2D eigenvalue weighted by Crippen LogP contribution is -2.24. The highest BCUT2D eigenvalue weighted by Gasteiger charge is 2.16. The van der Waals surface area contributed by atoms with Gasteiger partial charge in [0.15, 0.2) is 0 Å². The van der Waals surface area contributed by atoms with Crippen molar-refractivity contribution in [2.24, 2.45) is 0 Å². The van der Waals surface area contributed by atoms with E-state index in [2.05, 4.69) is 23.2 Å². The maximum absolute atomic E-state index is 12.7. The van der Waals surface area contributed by atoms with Crippen molar-refractivity contribution in [3.63, 3.8) is 0 Å². The minimum atomic E-state index is -1.05. The molecule has 0 aliphatic heterocycles. The second kappa shape index (κ2) is 5.87. The van der Waals surface area contributed by atoms with Crippen molar-refractivity contribution in [2.75, 3.05) is 0 Å². The van der Waals surface area contributed by atoms with Crippen molar-refractivity contribution in [2.45, 2.75) is 32.2 Å². The van der Waals surface area contributed by atoms with E-state index in [1.165, 1.54) is 41.6 Å². The molecule has 0 bridgehead atoms. The van der Waals surface area contributed by atoms with Gasteiger partial charge in [-0.2, -0.15) is 0 Å². The van der Waals surface area contributed by atoms with Crippen LogP contribution in [-0.2, 0) is 24.2 Å². The molecule has 4 rings (SSSR count). The van der Waals surface area contributed by atoms with Gasteiger partial charge in [0.05, 0.1) is 11.7 Å². The Morgan fingerprint density at radius 2 is 2.04 bits per heavy atom. The molecule has 0 saturated carbocycles. The van der Waals surface area contributed by atoms with Gasteiger partial charge in [-0.1, -0.05) is 18.2 Å². The van der Waals surface area contributed by atoms with Crippen molar-refractivity contribution in [3.05, 3.63) is 51.4 Å². The molecule has 0 atom stereocenters. The van der Waals surface area contributed by atoms with Crippen LogP contribution < -0.4 is 5.56 Å². The van der Waals surface area contributed by atoms with Gasteiger partial charge in [0.25, 0.3) is 5.56 Å². The highest BCUT2D eigenvalue weighted by atomic mass is 32.1. The summed E-state index contributed by atoms with van der Waals surface area (Å²) in [6, 6.07) is 6.38. The normalized spacial score (nSPS) is 13.8. The lowest BCUT2D eigenvalue weighted by atomic mass is 9.89. The van der Waals surface area contributed by atoms with E-state index in [1.54, 1.807) is 0 Å². The monoisotopic (exact) mass is 340 g/mol. The van der Waals surface area contributed by atoms with Gasteiger partial charge in [0.1, 0.15) is 11.4 Å². The topological polar surface area (TPSA) is 72.2 Å². The number of hydrogen-bond donors (Lipinski definition) is 1. The summed E-state index contributed by atoms with van der Waals surface area (Å²) in [5.74, 6) is -1.05. The molecule has 6 heteroatoms. The third-order valence-corrected chi connectivity index (χ3v) is 5.41. The molecule has 1 N–H and O–H groups in total. The van der Waals surface area contributed by atoms with Crippen molar-refractivity contribution >= 4 is 27.5 Å². The average molecular weight is 340 g/mol. The molecule has 122 valence electrons. The van der Waals surface area contributed by atoms with Crippen LogP contribution in [0.25, 0.3) is 21.3 Å². The van der Waals surface area contributed by atoms with E-state index < -0.39 is 5.97 Å². The number of aliphatic carboxylic acids is 1. The number of aryl methyl sites for hydroxylation is 2. The van der Waals surface area contributed by atoms with E-state index >= 15 is 0 Å². The number of carboxylic acid groups (broad SMARTS) is 1. The summed E-state index contributed by atoms with van der Waals surface area (Å²) in [6.07, 6.45) is 5.94. The van der Waals surface area contributed by atoms with Gasteiger partial charge in [-0.15, -0.1) is 11.3 Å². The standard InChI is InChI=1S/C18H16N2O3S/c21-15(22)8-20-10-19-17-16(18(20)23)14(9-24-17)13-6-5-11-3-1-2-4-12(11)7-13/h5-7,9-10H,1-4,8H2,(H,21,22). The minimum Gasteiger partial charge on any atom is -0.480 e. The Labute approximate surface area is 142 Å². The number of hydrogen-bond acceptors (Lipinski definition) is 4. The van der Waals surface area contributed by atoms with Gasteiger partial charge in [-0.05, 0) is 42.4 Å². The van der Waals surface area contributed by atoms with E-state index in [4.69, 9.17) is 5.11 Å². The summed E-state index contributed by atoms with van der Waals surface area (Å²) < 4.78 is 1.15. The van der Waals surface area contributed by atoms with E-state index in [1.807, 2.05) is 5.38 Å². The predicted molar refractivity (Wildman–Crippen MR) is 93.6 cm³/mol. The van der Waals surface area contributed by atoms with Gasteiger partial charge in [-0.25, -0.2) is 4.98 Å². The summed E-state index contributed by atoms with van der Waals surface area (Å²) in [5.41, 5.74) is 4.31. The molecule has 0 spiro atoms. The molecule has 24 heavy (non-hydrogen) atoms. The molecule has 0 saturated heterocycles. The largest absolute Gasteiger partial charge is 0.480 e. The molecule has 1 aliphatic carbocycles. The first-order chi connectivity index (χ1) is 11.6. The van der Waals surface area contributed by atoms with Crippen LogP contribution in [0.2, 0.25) is 0 Å². The molecule has 1 aliphatic rings. The van der Waals surface area contributed by atoms with Crippen LogP contribution in [0.3, 0.4) is 0 Å². The second-order valence-electron chi connectivity index (χ2n) is 6.09. The maximum Gasteiger partial charge on any atom is 0.323 e. The fraction of sp³-hybridized carbons (Fsp3) is 0.278. The molecule has 2 heterocycles. The number of carboxylic acids is 1.